The summed E-state index contributed by atoms with van der Waals surface area (Å²) in [4.78, 5) is 25.2. The highest BCUT2D eigenvalue weighted by Gasteiger charge is 2.20. The van der Waals surface area contributed by atoms with Crippen LogP contribution in [0.25, 0.3) is 0 Å². The number of carbonyl (C=O) groups is 2. The maximum absolute atomic E-state index is 13.6. The minimum atomic E-state index is -0.546. The molecule has 2 aromatic rings. The fourth-order valence-electron chi connectivity index (χ4n) is 2.76. The molecule has 0 bridgehead atoms. The van der Waals surface area contributed by atoms with Crippen molar-refractivity contribution >= 4 is 23.3 Å². The molecule has 24 heavy (non-hydrogen) atoms. The molecule has 0 fully saturated rings. The van der Waals surface area contributed by atoms with Gasteiger partial charge in [0.1, 0.15) is 5.82 Å². The highest BCUT2D eigenvalue weighted by Crippen LogP contribution is 2.22. The number of hydrogen-bond acceptors (Lipinski definition) is 2. The fraction of sp³-hybridized carbons (Fsp3) is 0.222. The number of hydrogen-bond donors (Lipinski definition) is 2. The molecule has 0 atom stereocenters. The van der Waals surface area contributed by atoms with Gasteiger partial charge in [-0.3, -0.25) is 4.79 Å². The second-order valence-corrected chi connectivity index (χ2v) is 5.75. The van der Waals surface area contributed by atoms with Crippen molar-refractivity contribution in [2.24, 2.45) is 0 Å². The molecule has 1 aliphatic rings. The summed E-state index contributed by atoms with van der Waals surface area (Å²) in [5.74, 6) is -0.917. The predicted octanol–water partition coefficient (Wildman–Crippen LogP) is 3.37. The molecule has 0 aromatic heterocycles. The molecule has 5 nitrogen and oxygen atoms in total. The van der Waals surface area contributed by atoms with Gasteiger partial charge in [-0.1, -0.05) is 24.3 Å². The van der Waals surface area contributed by atoms with Crippen LogP contribution >= 0.6 is 0 Å². The third-order valence-electron chi connectivity index (χ3n) is 3.95. The van der Waals surface area contributed by atoms with E-state index in [4.69, 9.17) is 0 Å². The summed E-state index contributed by atoms with van der Waals surface area (Å²) in [6.07, 6.45) is 0.810. The van der Waals surface area contributed by atoms with Crippen molar-refractivity contribution in [1.82, 2.24) is 4.90 Å². The second kappa shape index (κ2) is 6.70. The minimum Gasteiger partial charge on any atom is -0.324 e. The first-order valence-electron chi connectivity index (χ1n) is 7.73. The Balaban J connectivity index is 1.70. The Morgan fingerprint density at radius 2 is 1.83 bits per heavy atom. The van der Waals surface area contributed by atoms with E-state index < -0.39 is 5.82 Å². The lowest BCUT2D eigenvalue weighted by Gasteiger charge is -2.29. The van der Waals surface area contributed by atoms with Crippen LogP contribution in [0.5, 0.6) is 0 Å². The monoisotopic (exact) mass is 327 g/mol. The molecule has 0 unspecified atom stereocenters. The van der Waals surface area contributed by atoms with E-state index in [1.54, 1.807) is 4.90 Å². The molecular formula is C18H18FN3O2. The maximum atomic E-state index is 13.6. The minimum absolute atomic E-state index is 0.0456. The van der Waals surface area contributed by atoms with E-state index in [2.05, 4.69) is 16.7 Å². The number of amides is 3. The number of rotatable bonds is 2. The van der Waals surface area contributed by atoms with E-state index in [-0.39, 0.29) is 17.6 Å². The molecule has 0 spiro atoms. The largest absolute Gasteiger partial charge is 0.324 e. The third kappa shape index (κ3) is 3.53. The molecule has 3 amide bonds. The van der Waals surface area contributed by atoms with Gasteiger partial charge in [-0.15, -0.1) is 0 Å². The molecule has 6 heteroatoms. The van der Waals surface area contributed by atoms with Crippen LogP contribution in [0.2, 0.25) is 0 Å². The van der Waals surface area contributed by atoms with Crippen LogP contribution in [0.1, 0.15) is 18.1 Å². The summed E-state index contributed by atoms with van der Waals surface area (Å²) in [6, 6.07) is 11.9. The van der Waals surface area contributed by atoms with E-state index in [9.17, 15) is 14.0 Å². The standard InChI is InChI=1S/C18H18FN3O2/c1-12(23)20-17-10-15(6-7-16(17)19)21-18(24)22-9-8-13-4-2-3-5-14(13)11-22/h2-7,10H,8-9,11H2,1H3,(H,20,23)(H,21,24). The first-order chi connectivity index (χ1) is 11.5. The van der Waals surface area contributed by atoms with Crippen LogP contribution in [0, 0.1) is 5.82 Å². The van der Waals surface area contributed by atoms with E-state index in [1.807, 2.05) is 18.2 Å². The Labute approximate surface area is 139 Å². The lowest BCUT2D eigenvalue weighted by Crippen LogP contribution is -2.38. The molecule has 0 radical (unpaired) electrons. The predicted molar refractivity (Wildman–Crippen MR) is 90.3 cm³/mol. The van der Waals surface area contributed by atoms with Crippen molar-refractivity contribution in [2.75, 3.05) is 17.2 Å². The summed E-state index contributed by atoms with van der Waals surface area (Å²) in [7, 11) is 0. The number of anilines is 2. The number of benzene rings is 2. The summed E-state index contributed by atoms with van der Waals surface area (Å²) in [5.41, 5.74) is 2.88. The topological polar surface area (TPSA) is 61.4 Å². The first-order valence-corrected chi connectivity index (χ1v) is 7.73. The lowest BCUT2D eigenvalue weighted by atomic mass is 10.0. The van der Waals surface area contributed by atoms with Crippen LogP contribution < -0.4 is 10.6 Å². The van der Waals surface area contributed by atoms with Crippen molar-refractivity contribution in [3.8, 4) is 0 Å². The highest BCUT2D eigenvalue weighted by molar-refractivity contribution is 5.92. The lowest BCUT2D eigenvalue weighted by molar-refractivity contribution is -0.114. The van der Waals surface area contributed by atoms with E-state index in [1.165, 1.54) is 30.7 Å². The highest BCUT2D eigenvalue weighted by atomic mass is 19.1. The SMILES string of the molecule is CC(=O)Nc1cc(NC(=O)N2CCc3ccccc3C2)ccc1F. The van der Waals surface area contributed by atoms with Gasteiger partial charge in [-0.05, 0) is 35.7 Å². The van der Waals surface area contributed by atoms with Gasteiger partial charge in [0.05, 0.1) is 5.69 Å². The summed E-state index contributed by atoms with van der Waals surface area (Å²) >= 11 is 0. The van der Waals surface area contributed by atoms with Gasteiger partial charge in [-0.2, -0.15) is 0 Å². The average Bonchev–Trinajstić information content (AvgIpc) is 2.57. The van der Waals surface area contributed by atoms with Crippen molar-refractivity contribution in [2.45, 2.75) is 19.9 Å². The molecule has 0 aliphatic carbocycles. The van der Waals surface area contributed by atoms with Crippen molar-refractivity contribution in [1.29, 1.82) is 0 Å². The molecule has 2 aromatic carbocycles. The number of nitrogens with one attached hydrogen (secondary N) is 2. The molecule has 2 N–H and O–H groups in total. The summed E-state index contributed by atoms with van der Waals surface area (Å²) in [6.45, 7) is 2.47. The van der Waals surface area contributed by atoms with E-state index >= 15 is 0 Å². The first kappa shape index (κ1) is 16.0. The molecule has 124 valence electrons. The Kier molecular flexibility index (Phi) is 4.46. The maximum Gasteiger partial charge on any atom is 0.322 e. The molecule has 3 rings (SSSR count). The van der Waals surface area contributed by atoms with Crippen LogP contribution in [0.4, 0.5) is 20.6 Å². The fourth-order valence-corrected chi connectivity index (χ4v) is 2.76. The van der Waals surface area contributed by atoms with Gasteiger partial charge in [0.15, 0.2) is 0 Å². The number of carbonyl (C=O) groups excluding carboxylic acids is 2. The number of nitrogens with zero attached hydrogens (tertiary/aromatic N) is 1. The Morgan fingerprint density at radius 3 is 2.58 bits per heavy atom. The van der Waals surface area contributed by atoms with Gasteiger partial charge in [0.2, 0.25) is 5.91 Å². The second-order valence-electron chi connectivity index (χ2n) is 5.75. The summed E-state index contributed by atoms with van der Waals surface area (Å²) in [5, 5.41) is 5.15. The number of urea groups is 1. The Hall–Kier alpha value is -2.89. The normalized spacial score (nSPS) is 13.2. The summed E-state index contributed by atoms with van der Waals surface area (Å²) < 4.78 is 13.6. The van der Waals surface area contributed by atoms with Gasteiger partial charge in [0, 0.05) is 25.7 Å². The quantitative estimate of drug-likeness (QED) is 0.888. The Morgan fingerprint density at radius 1 is 1.08 bits per heavy atom. The number of halogens is 1. The number of fused-ring (bicyclic) bond motifs is 1. The van der Waals surface area contributed by atoms with Crippen LogP contribution in [0.15, 0.2) is 42.5 Å². The molecule has 1 aliphatic heterocycles. The van der Waals surface area contributed by atoms with Gasteiger partial charge in [-0.25, -0.2) is 9.18 Å². The molecular weight excluding hydrogens is 309 g/mol. The van der Waals surface area contributed by atoms with Crippen LogP contribution in [-0.4, -0.2) is 23.4 Å². The van der Waals surface area contributed by atoms with Crippen molar-refractivity contribution in [3.05, 3.63) is 59.4 Å². The molecule has 1 heterocycles. The zero-order valence-electron chi connectivity index (χ0n) is 13.3. The molecule has 0 saturated carbocycles. The van der Waals surface area contributed by atoms with Gasteiger partial charge >= 0.3 is 6.03 Å². The average molecular weight is 327 g/mol. The van der Waals surface area contributed by atoms with Crippen LogP contribution in [0.3, 0.4) is 0 Å². The molecule has 0 saturated heterocycles. The smallest absolute Gasteiger partial charge is 0.322 e. The van der Waals surface area contributed by atoms with Gasteiger partial charge < -0.3 is 15.5 Å². The Bertz CT molecular complexity index is 792. The zero-order chi connectivity index (χ0) is 17.1. The van der Waals surface area contributed by atoms with Gasteiger partial charge in [0.25, 0.3) is 0 Å². The van der Waals surface area contributed by atoms with Crippen molar-refractivity contribution < 1.29 is 14.0 Å². The third-order valence-corrected chi connectivity index (χ3v) is 3.95. The van der Waals surface area contributed by atoms with Crippen LogP contribution in [-0.2, 0) is 17.8 Å². The van der Waals surface area contributed by atoms with E-state index in [0.29, 0.717) is 18.8 Å². The zero-order valence-corrected chi connectivity index (χ0v) is 13.3. The van der Waals surface area contributed by atoms with Crippen molar-refractivity contribution in [3.63, 3.8) is 0 Å². The van der Waals surface area contributed by atoms with E-state index in [0.717, 1.165) is 12.0 Å².